The molecule has 4 heteroatoms. The Labute approximate surface area is 151 Å². The Morgan fingerprint density at radius 2 is 1.58 bits per heavy atom. The summed E-state index contributed by atoms with van der Waals surface area (Å²) in [5.74, 6) is 0. The molecule has 0 amide bonds. The van der Waals surface area contributed by atoms with Crippen molar-refractivity contribution in [3.05, 3.63) is 59.7 Å². The number of aliphatic imine (C=N–C) groups is 2. The first kappa shape index (κ1) is 16.4. The van der Waals surface area contributed by atoms with Crippen LogP contribution in [0.1, 0.15) is 24.0 Å². The molecular formula is C22H18N2O2. The Morgan fingerprint density at radius 3 is 2.35 bits per heavy atom. The Bertz CT molecular complexity index is 1070. The molecule has 0 atom stereocenters. The Hall–Kier alpha value is -3.06. The zero-order valence-corrected chi connectivity index (χ0v) is 14.4. The van der Waals surface area contributed by atoms with E-state index in [-0.39, 0.29) is 0 Å². The number of rotatable bonds is 4. The third-order valence-corrected chi connectivity index (χ3v) is 5.58. The third-order valence-electron chi connectivity index (χ3n) is 5.58. The second-order valence-corrected chi connectivity index (χ2v) is 6.92. The van der Waals surface area contributed by atoms with Crippen molar-refractivity contribution in [1.29, 1.82) is 0 Å². The van der Waals surface area contributed by atoms with Crippen molar-refractivity contribution in [2.75, 3.05) is 13.1 Å². The fourth-order valence-corrected chi connectivity index (χ4v) is 4.40. The van der Waals surface area contributed by atoms with Gasteiger partial charge in [0, 0.05) is 5.41 Å². The van der Waals surface area contributed by atoms with E-state index in [1.54, 1.807) is 12.2 Å². The van der Waals surface area contributed by atoms with Gasteiger partial charge in [0.1, 0.15) is 0 Å². The minimum atomic E-state index is -0.428. The molecule has 0 radical (unpaired) electrons. The van der Waals surface area contributed by atoms with Crippen LogP contribution in [0.4, 0.5) is 0 Å². The molecule has 0 aromatic heterocycles. The van der Waals surface area contributed by atoms with Crippen LogP contribution >= 0.6 is 0 Å². The second kappa shape index (κ2) is 6.68. The van der Waals surface area contributed by atoms with Gasteiger partial charge in [-0.3, -0.25) is 0 Å². The van der Waals surface area contributed by atoms with Crippen molar-refractivity contribution in [3.8, 4) is 0 Å². The quantitative estimate of drug-likeness (QED) is 0.404. The van der Waals surface area contributed by atoms with E-state index in [2.05, 4.69) is 52.4 Å². The van der Waals surface area contributed by atoms with E-state index in [4.69, 9.17) is 0 Å². The summed E-state index contributed by atoms with van der Waals surface area (Å²) in [5, 5.41) is 4.92. The van der Waals surface area contributed by atoms with E-state index in [9.17, 15) is 9.59 Å². The molecule has 4 nitrogen and oxygen atoms in total. The van der Waals surface area contributed by atoms with Crippen LogP contribution < -0.4 is 0 Å². The van der Waals surface area contributed by atoms with Gasteiger partial charge in [-0.1, -0.05) is 48.5 Å². The van der Waals surface area contributed by atoms with Crippen molar-refractivity contribution in [2.24, 2.45) is 9.98 Å². The van der Waals surface area contributed by atoms with Crippen LogP contribution in [0.3, 0.4) is 0 Å². The van der Waals surface area contributed by atoms with Crippen molar-refractivity contribution >= 4 is 33.7 Å². The molecular weight excluding hydrogens is 324 g/mol. The maximum atomic E-state index is 10.7. The minimum absolute atomic E-state index is 0.299. The maximum absolute atomic E-state index is 10.7. The van der Waals surface area contributed by atoms with Crippen molar-refractivity contribution in [2.45, 2.75) is 24.7 Å². The molecule has 4 rings (SSSR count). The molecule has 0 fully saturated rings. The van der Waals surface area contributed by atoms with Crippen molar-refractivity contribution in [1.82, 2.24) is 0 Å². The zero-order chi connectivity index (χ0) is 18.0. The molecule has 0 heterocycles. The zero-order valence-electron chi connectivity index (χ0n) is 14.4. The lowest BCUT2D eigenvalue weighted by molar-refractivity contribution is 0.379. The summed E-state index contributed by atoms with van der Waals surface area (Å²) >= 11 is 0. The summed E-state index contributed by atoms with van der Waals surface area (Å²) in [4.78, 5) is 29.2. The third kappa shape index (κ3) is 2.57. The summed E-state index contributed by atoms with van der Waals surface area (Å²) in [6, 6.07) is 17.0. The van der Waals surface area contributed by atoms with Gasteiger partial charge in [-0.05, 0) is 51.9 Å². The predicted octanol–water partition coefficient (Wildman–Crippen LogP) is 4.24. The van der Waals surface area contributed by atoms with Gasteiger partial charge >= 0.3 is 0 Å². The lowest BCUT2D eigenvalue weighted by Gasteiger charge is -2.37. The highest BCUT2D eigenvalue weighted by Crippen LogP contribution is 2.42. The van der Waals surface area contributed by atoms with Crippen molar-refractivity contribution < 1.29 is 9.59 Å². The van der Waals surface area contributed by atoms with Crippen LogP contribution in [0.25, 0.3) is 21.5 Å². The van der Waals surface area contributed by atoms with E-state index >= 15 is 0 Å². The van der Waals surface area contributed by atoms with E-state index < -0.39 is 5.41 Å². The van der Waals surface area contributed by atoms with Gasteiger partial charge in [-0.2, -0.15) is 0 Å². The van der Waals surface area contributed by atoms with Crippen LogP contribution in [-0.4, -0.2) is 25.2 Å². The molecule has 0 bridgehead atoms. The molecule has 1 aliphatic carbocycles. The fourth-order valence-electron chi connectivity index (χ4n) is 4.40. The van der Waals surface area contributed by atoms with Crippen molar-refractivity contribution in [3.63, 3.8) is 0 Å². The molecule has 26 heavy (non-hydrogen) atoms. The summed E-state index contributed by atoms with van der Waals surface area (Å²) < 4.78 is 0. The average Bonchev–Trinajstić information content (AvgIpc) is 2.70. The molecule has 0 spiro atoms. The number of hydrogen-bond donors (Lipinski definition) is 0. The SMILES string of the molecule is O=C=NCC1(CN=C=O)CCCc2c1ccc1c2ccc2ccccc21. The summed E-state index contributed by atoms with van der Waals surface area (Å²) in [7, 11) is 0. The highest BCUT2D eigenvalue weighted by molar-refractivity contribution is 6.08. The highest BCUT2D eigenvalue weighted by atomic mass is 16.1. The lowest BCUT2D eigenvalue weighted by Crippen LogP contribution is -2.37. The molecule has 1 aliphatic rings. The number of benzene rings is 3. The number of fused-ring (bicyclic) bond motifs is 5. The van der Waals surface area contributed by atoms with Gasteiger partial charge in [0.25, 0.3) is 0 Å². The second-order valence-electron chi connectivity index (χ2n) is 6.92. The van der Waals surface area contributed by atoms with Gasteiger partial charge in [0.15, 0.2) is 0 Å². The molecule has 0 unspecified atom stereocenters. The molecule has 0 N–H and O–H groups in total. The molecule has 0 aliphatic heterocycles. The topological polar surface area (TPSA) is 58.9 Å². The Morgan fingerprint density at radius 1 is 0.846 bits per heavy atom. The predicted molar refractivity (Wildman–Crippen MR) is 102 cm³/mol. The smallest absolute Gasteiger partial charge is 0.211 e. The number of hydrogen-bond acceptors (Lipinski definition) is 4. The molecule has 0 saturated carbocycles. The standard InChI is InChI=1S/C22H18N2O2/c25-14-23-12-22(13-24-15-26)11-3-6-20-19-8-7-16-4-1-2-5-17(16)18(19)9-10-21(20)22/h1-2,4-5,7-10H,3,6,11-13H2. The molecule has 3 aromatic carbocycles. The first-order valence-corrected chi connectivity index (χ1v) is 8.80. The first-order chi connectivity index (χ1) is 12.8. The van der Waals surface area contributed by atoms with Crippen LogP contribution in [0, 0.1) is 0 Å². The molecule has 3 aromatic rings. The first-order valence-electron chi connectivity index (χ1n) is 8.80. The Balaban J connectivity index is 1.98. The maximum Gasteiger partial charge on any atom is 0.234 e. The van der Waals surface area contributed by atoms with Crippen LogP contribution in [-0.2, 0) is 21.4 Å². The number of nitrogens with zero attached hydrogens (tertiary/aromatic N) is 2. The lowest BCUT2D eigenvalue weighted by atomic mass is 9.68. The summed E-state index contributed by atoms with van der Waals surface area (Å²) in [5.41, 5.74) is 1.99. The number of aryl methyl sites for hydroxylation is 1. The van der Waals surface area contributed by atoms with E-state index in [1.165, 1.54) is 27.1 Å². The van der Waals surface area contributed by atoms with E-state index in [0.29, 0.717) is 13.1 Å². The van der Waals surface area contributed by atoms with Crippen LogP contribution in [0.2, 0.25) is 0 Å². The van der Waals surface area contributed by atoms with Gasteiger partial charge in [0.05, 0.1) is 13.1 Å². The largest absolute Gasteiger partial charge is 0.234 e. The average molecular weight is 342 g/mol. The summed E-state index contributed by atoms with van der Waals surface area (Å²) in [6.07, 6.45) is 6.08. The monoisotopic (exact) mass is 342 g/mol. The van der Waals surface area contributed by atoms with Gasteiger partial charge in [0.2, 0.25) is 12.2 Å². The Kier molecular flexibility index (Phi) is 4.22. The van der Waals surface area contributed by atoms with Crippen LogP contribution in [0.15, 0.2) is 58.5 Å². The molecule has 128 valence electrons. The van der Waals surface area contributed by atoms with Gasteiger partial charge < -0.3 is 0 Å². The van der Waals surface area contributed by atoms with E-state index in [1.807, 2.05) is 6.07 Å². The normalized spacial score (nSPS) is 18.8. The molecule has 0 saturated heterocycles. The minimum Gasteiger partial charge on any atom is -0.211 e. The van der Waals surface area contributed by atoms with Gasteiger partial charge in [-0.15, -0.1) is 0 Å². The fraction of sp³-hybridized carbons (Fsp3) is 0.273. The van der Waals surface area contributed by atoms with E-state index in [0.717, 1.165) is 24.8 Å². The van der Waals surface area contributed by atoms with Crippen LogP contribution in [0.5, 0.6) is 0 Å². The highest BCUT2D eigenvalue weighted by Gasteiger charge is 2.37. The summed E-state index contributed by atoms with van der Waals surface area (Å²) in [6.45, 7) is 0.599. The van der Waals surface area contributed by atoms with Gasteiger partial charge in [-0.25, -0.2) is 19.6 Å². The number of isocyanates is 2. The number of carbonyl (C=O) groups excluding carboxylic acids is 2.